The van der Waals surface area contributed by atoms with Gasteiger partial charge >= 0.3 is 5.97 Å². The van der Waals surface area contributed by atoms with E-state index in [-0.39, 0.29) is 12.6 Å². The van der Waals surface area contributed by atoms with Crippen molar-refractivity contribution < 1.29 is 14.3 Å². The van der Waals surface area contributed by atoms with Crippen LogP contribution in [0.25, 0.3) is 5.69 Å². The highest BCUT2D eigenvalue weighted by atomic mass is 16.5. The molecule has 23 heavy (non-hydrogen) atoms. The van der Waals surface area contributed by atoms with Crippen molar-refractivity contribution in [1.82, 2.24) is 15.0 Å². The summed E-state index contributed by atoms with van der Waals surface area (Å²) >= 11 is 0. The minimum atomic E-state index is -0.385. The molecule has 3 aromatic rings. The summed E-state index contributed by atoms with van der Waals surface area (Å²) in [5.41, 5.74) is 1.93. The van der Waals surface area contributed by atoms with Gasteiger partial charge in [-0.3, -0.25) is 0 Å². The Morgan fingerprint density at radius 2 is 1.83 bits per heavy atom. The molecule has 6 nitrogen and oxygen atoms in total. The van der Waals surface area contributed by atoms with Crippen molar-refractivity contribution in [3.05, 3.63) is 72.1 Å². The van der Waals surface area contributed by atoms with E-state index in [0.29, 0.717) is 11.3 Å². The van der Waals surface area contributed by atoms with Crippen LogP contribution >= 0.6 is 0 Å². The Labute approximate surface area is 133 Å². The maximum atomic E-state index is 11.9. The van der Waals surface area contributed by atoms with E-state index in [2.05, 4.69) is 10.3 Å². The third-order valence-electron chi connectivity index (χ3n) is 3.24. The molecule has 3 rings (SSSR count). The molecular weight excluding hydrogens is 294 g/mol. The minimum Gasteiger partial charge on any atom is -0.497 e. The van der Waals surface area contributed by atoms with Crippen LogP contribution in [-0.4, -0.2) is 28.1 Å². The molecule has 0 saturated carbocycles. The number of benzene rings is 2. The zero-order valence-electron chi connectivity index (χ0n) is 12.5. The lowest BCUT2D eigenvalue weighted by atomic mass is 10.2. The summed E-state index contributed by atoms with van der Waals surface area (Å²) in [6, 6.07) is 16.2. The number of methoxy groups -OCH3 is 1. The first-order chi connectivity index (χ1) is 11.3. The fourth-order valence-electron chi connectivity index (χ4n) is 2.02. The van der Waals surface area contributed by atoms with Gasteiger partial charge in [0.15, 0.2) is 0 Å². The van der Waals surface area contributed by atoms with E-state index >= 15 is 0 Å². The molecule has 0 fully saturated rings. The molecular formula is C17H15N3O3. The Bertz CT molecular complexity index is 782. The topological polar surface area (TPSA) is 66.2 Å². The molecule has 0 amide bonds. The second-order valence-electron chi connectivity index (χ2n) is 4.79. The largest absolute Gasteiger partial charge is 0.497 e. The van der Waals surface area contributed by atoms with E-state index in [0.717, 1.165) is 11.4 Å². The standard InChI is InChI=1S/C17H15N3O3/c1-22-16-9-7-15(8-10-16)20-11-14(18-19-20)12-23-17(21)13-5-3-2-4-6-13/h2-11H,12H2,1H3. The summed E-state index contributed by atoms with van der Waals surface area (Å²) < 4.78 is 12.0. The number of ether oxygens (including phenoxy) is 2. The summed E-state index contributed by atoms with van der Waals surface area (Å²) in [5.74, 6) is 0.385. The molecule has 1 aromatic heterocycles. The van der Waals surface area contributed by atoms with Crippen LogP contribution in [0.2, 0.25) is 0 Å². The zero-order chi connectivity index (χ0) is 16.1. The molecule has 0 aliphatic heterocycles. The van der Waals surface area contributed by atoms with E-state index in [1.54, 1.807) is 42.3 Å². The third-order valence-corrected chi connectivity index (χ3v) is 3.24. The normalized spacial score (nSPS) is 10.3. The van der Waals surface area contributed by atoms with Crippen LogP contribution in [0.3, 0.4) is 0 Å². The lowest BCUT2D eigenvalue weighted by Crippen LogP contribution is -2.05. The number of nitrogens with zero attached hydrogens (tertiary/aromatic N) is 3. The molecule has 0 radical (unpaired) electrons. The van der Waals surface area contributed by atoms with E-state index in [1.807, 2.05) is 30.3 Å². The van der Waals surface area contributed by atoms with E-state index in [1.165, 1.54) is 0 Å². The summed E-state index contributed by atoms with van der Waals surface area (Å²) in [4.78, 5) is 11.9. The molecule has 0 unspecified atom stereocenters. The van der Waals surface area contributed by atoms with Gasteiger partial charge in [-0.25, -0.2) is 9.48 Å². The zero-order valence-corrected chi connectivity index (χ0v) is 12.5. The molecule has 0 aliphatic carbocycles. The van der Waals surface area contributed by atoms with Crippen LogP contribution < -0.4 is 4.74 Å². The minimum absolute atomic E-state index is 0.0733. The van der Waals surface area contributed by atoms with Crippen LogP contribution in [0.5, 0.6) is 5.75 Å². The smallest absolute Gasteiger partial charge is 0.338 e. The lowest BCUT2D eigenvalue weighted by Gasteiger charge is -2.02. The van der Waals surface area contributed by atoms with Gasteiger partial charge in [0.1, 0.15) is 18.1 Å². The Hall–Kier alpha value is -3.15. The highest BCUT2D eigenvalue weighted by molar-refractivity contribution is 5.89. The molecule has 1 heterocycles. The fourth-order valence-corrected chi connectivity index (χ4v) is 2.02. The maximum absolute atomic E-state index is 11.9. The summed E-state index contributed by atoms with van der Waals surface area (Å²) in [7, 11) is 1.61. The van der Waals surface area contributed by atoms with Crippen molar-refractivity contribution in [2.45, 2.75) is 6.61 Å². The maximum Gasteiger partial charge on any atom is 0.338 e. The third kappa shape index (κ3) is 3.55. The van der Waals surface area contributed by atoms with Crippen molar-refractivity contribution in [2.24, 2.45) is 0 Å². The second-order valence-corrected chi connectivity index (χ2v) is 4.79. The highest BCUT2D eigenvalue weighted by Gasteiger charge is 2.09. The van der Waals surface area contributed by atoms with Crippen LogP contribution in [0.1, 0.15) is 16.1 Å². The van der Waals surface area contributed by atoms with Gasteiger partial charge in [0, 0.05) is 0 Å². The molecule has 0 atom stereocenters. The number of hydrogen-bond donors (Lipinski definition) is 0. The SMILES string of the molecule is COc1ccc(-n2cc(COC(=O)c3ccccc3)nn2)cc1. The molecule has 0 spiro atoms. The van der Waals surface area contributed by atoms with Crippen molar-refractivity contribution >= 4 is 5.97 Å². The van der Waals surface area contributed by atoms with Gasteiger partial charge in [-0.05, 0) is 36.4 Å². The van der Waals surface area contributed by atoms with Gasteiger partial charge in [0.25, 0.3) is 0 Å². The summed E-state index contributed by atoms with van der Waals surface area (Å²) in [6.07, 6.45) is 1.72. The Kier molecular flexibility index (Phi) is 4.33. The van der Waals surface area contributed by atoms with Crippen molar-refractivity contribution in [2.75, 3.05) is 7.11 Å². The van der Waals surface area contributed by atoms with Gasteiger partial charge in [-0.1, -0.05) is 23.4 Å². The molecule has 2 aromatic carbocycles. The predicted molar refractivity (Wildman–Crippen MR) is 83.5 cm³/mol. The predicted octanol–water partition coefficient (Wildman–Crippen LogP) is 2.63. The van der Waals surface area contributed by atoms with Gasteiger partial charge in [0.05, 0.1) is 24.6 Å². The highest BCUT2D eigenvalue weighted by Crippen LogP contribution is 2.14. The number of hydrogen-bond acceptors (Lipinski definition) is 5. The number of carbonyl (C=O) groups excluding carboxylic acids is 1. The van der Waals surface area contributed by atoms with Gasteiger partial charge < -0.3 is 9.47 Å². The molecule has 0 saturated heterocycles. The monoisotopic (exact) mass is 309 g/mol. The number of esters is 1. The molecule has 6 heteroatoms. The Morgan fingerprint density at radius 1 is 1.09 bits per heavy atom. The molecule has 0 bridgehead atoms. The molecule has 0 N–H and O–H groups in total. The summed E-state index contributed by atoms with van der Waals surface area (Å²) in [6.45, 7) is 0.0733. The average Bonchev–Trinajstić information content (AvgIpc) is 3.09. The number of carbonyl (C=O) groups is 1. The van der Waals surface area contributed by atoms with Gasteiger partial charge in [-0.2, -0.15) is 0 Å². The van der Waals surface area contributed by atoms with Gasteiger partial charge in [0.2, 0.25) is 0 Å². The fraction of sp³-hybridized carbons (Fsp3) is 0.118. The van der Waals surface area contributed by atoms with Crippen LogP contribution in [-0.2, 0) is 11.3 Å². The first-order valence-electron chi connectivity index (χ1n) is 7.04. The van der Waals surface area contributed by atoms with E-state index < -0.39 is 0 Å². The lowest BCUT2D eigenvalue weighted by molar-refractivity contribution is 0.0467. The average molecular weight is 309 g/mol. The van der Waals surface area contributed by atoms with Gasteiger partial charge in [-0.15, -0.1) is 5.10 Å². The Morgan fingerprint density at radius 3 is 2.52 bits per heavy atom. The first kappa shape index (κ1) is 14.8. The number of rotatable bonds is 5. The number of aromatic nitrogens is 3. The van der Waals surface area contributed by atoms with Crippen molar-refractivity contribution in [3.63, 3.8) is 0 Å². The van der Waals surface area contributed by atoms with Crippen molar-refractivity contribution in [3.8, 4) is 11.4 Å². The van der Waals surface area contributed by atoms with E-state index in [9.17, 15) is 4.79 Å². The van der Waals surface area contributed by atoms with Crippen LogP contribution in [0.4, 0.5) is 0 Å². The molecule has 116 valence electrons. The van der Waals surface area contributed by atoms with Crippen LogP contribution in [0.15, 0.2) is 60.8 Å². The quantitative estimate of drug-likeness (QED) is 0.678. The summed E-state index contributed by atoms with van der Waals surface area (Å²) in [5, 5.41) is 8.03. The first-order valence-corrected chi connectivity index (χ1v) is 7.04. The van der Waals surface area contributed by atoms with Crippen molar-refractivity contribution in [1.29, 1.82) is 0 Å². The van der Waals surface area contributed by atoms with E-state index in [4.69, 9.17) is 9.47 Å². The Balaban J connectivity index is 1.64. The second kappa shape index (κ2) is 6.74. The molecule has 0 aliphatic rings. The van der Waals surface area contributed by atoms with Crippen LogP contribution in [0, 0.1) is 0 Å².